The Bertz CT molecular complexity index is 427. The molecule has 1 aliphatic rings. The second-order valence-electron chi connectivity index (χ2n) is 5.52. The van der Waals surface area contributed by atoms with Crippen molar-refractivity contribution in [2.24, 2.45) is 0 Å². The van der Waals surface area contributed by atoms with Gasteiger partial charge in [0.1, 0.15) is 0 Å². The number of halogens is 1. The summed E-state index contributed by atoms with van der Waals surface area (Å²) in [6.07, 6.45) is 4.45. The van der Waals surface area contributed by atoms with Crippen LogP contribution in [0.15, 0.2) is 28.7 Å². The number of benzene rings is 1. The Morgan fingerprint density at radius 2 is 1.85 bits per heavy atom. The molecule has 0 spiro atoms. The summed E-state index contributed by atoms with van der Waals surface area (Å²) >= 11 is 3.41. The number of carbonyl (C=O) groups is 1. The van der Waals surface area contributed by atoms with E-state index >= 15 is 0 Å². The Morgan fingerprint density at radius 1 is 1.20 bits per heavy atom. The van der Waals surface area contributed by atoms with Gasteiger partial charge in [-0.15, -0.1) is 0 Å². The van der Waals surface area contributed by atoms with Crippen molar-refractivity contribution >= 4 is 21.8 Å². The molecule has 0 radical (unpaired) electrons. The van der Waals surface area contributed by atoms with Gasteiger partial charge in [-0.05, 0) is 43.6 Å². The van der Waals surface area contributed by atoms with Crippen molar-refractivity contribution in [3.8, 4) is 0 Å². The minimum Gasteiger partial charge on any atom is -0.344 e. The fourth-order valence-corrected chi connectivity index (χ4v) is 2.78. The van der Waals surface area contributed by atoms with Crippen LogP contribution < -0.4 is 0 Å². The summed E-state index contributed by atoms with van der Waals surface area (Å²) in [4.78, 5) is 16.5. The maximum absolute atomic E-state index is 12.2. The number of amides is 1. The van der Waals surface area contributed by atoms with E-state index in [1.54, 1.807) is 0 Å². The third kappa shape index (κ3) is 4.91. The molecule has 1 fully saturated rings. The van der Waals surface area contributed by atoms with E-state index in [0.29, 0.717) is 6.42 Å². The molecule has 0 N–H and O–H groups in total. The highest BCUT2D eigenvalue weighted by Gasteiger charge is 2.13. The van der Waals surface area contributed by atoms with Crippen molar-refractivity contribution in [3.05, 3.63) is 34.3 Å². The van der Waals surface area contributed by atoms with Crippen molar-refractivity contribution in [3.63, 3.8) is 0 Å². The fraction of sp³-hybridized carbons (Fsp3) is 0.562. The minimum atomic E-state index is 0.198. The maximum Gasteiger partial charge on any atom is 0.226 e. The number of hydrogen-bond acceptors (Lipinski definition) is 2. The van der Waals surface area contributed by atoms with Gasteiger partial charge in [0.15, 0.2) is 0 Å². The highest BCUT2D eigenvalue weighted by Crippen LogP contribution is 2.12. The normalized spacial score (nSPS) is 16.1. The molecule has 110 valence electrons. The summed E-state index contributed by atoms with van der Waals surface area (Å²) in [5, 5.41) is 0. The van der Waals surface area contributed by atoms with Gasteiger partial charge in [-0.1, -0.05) is 34.5 Å². The van der Waals surface area contributed by atoms with E-state index in [4.69, 9.17) is 0 Å². The van der Waals surface area contributed by atoms with Gasteiger partial charge in [0.25, 0.3) is 0 Å². The first-order chi connectivity index (χ1) is 9.65. The SMILES string of the molecule is CN(CCN1CCCCC1)C(=O)Cc1ccc(Br)cc1. The molecule has 0 bridgehead atoms. The Balaban J connectivity index is 1.75. The molecule has 1 heterocycles. The molecular weight excluding hydrogens is 316 g/mol. The molecule has 1 amide bonds. The number of piperidine rings is 1. The number of likely N-dealkylation sites (tertiary alicyclic amines) is 1. The molecule has 0 aromatic heterocycles. The molecule has 2 rings (SSSR count). The van der Waals surface area contributed by atoms with Crippen molar-refractivity contribution in [2.45, 2.75) is 25.7 Å². The molecule has 20 heavy (non-hydrogen) atoms. The average molecular weight is 339 g/mol. The molecule has 1 aliphatic heterocycles. The van der Waals surface area contributed by atoms with Crippen LogP contribution in [0.3, 0.4) is 0 Å². The van der Waals surface area contributed by atoms with Gasteiger partial charge in [0.2, 0.25) is 5.91 Å². The van der Waals surface area contributed by atoms with Crippen molar-refractivity contribution in [2.75, 3.05) is 33.2 Å². The third-order valence-electron chi connectivity index (χ3n) is 3.89. The van der Waals surface area contributed by atoms with Gasteiger partial charge in [-0.3, -0.25) is 4.79 Å². The first kappa shape index (κ1) is 15.5. The van der Waals surface area contributed by atoms with Crippen molar-refractivity contribution in [1.29, 1.82) is 0 Å². The lowest BCUT2D eigenvalue weighted by Crippen LogP contribution is -2.39. The van der Waals surface area contributed by atoms with Crippen LogP contribution >= 0.6 is 15.9 Å². The third-order valence-corrected chi connectivity index (χ3v) is 4.42. The Kier molecular flexibility index (Phi) is 6.05. The zero-order valence-corrected chi connectivity index (χ0v) is 13.7. The van der Waals surface area contributed by atoms with E-state index in [0.717, 1.165) is 23.1 Å². The standard InChI is InChI=1S/C16H23BrN2O/c1-18(11-12-19-9-3-2-4-10-19)16(20)13-14-5-7-15(17)8-6-14/h5-8H,2-4,9-13H2,1H3. The van der Waals surface area contributed by atoms with E-state index in [-0.39, 0.29) is 5.91 Å². The van der Waals surface area contributed by atoms with Gasteiger partial charge in [0, 0.05) is 24.6 Å². The first-order valence-corrected chi connectivity index (χ1v) is 8.15. The van der Waals surface area contributed by atoms with Crippen LogP contribution in [0.4, 0.5) is 0 Å². The Labute approximate surface area is 130 Å². The molecule has 0 unspecified atom stereocenters. The van der Waals surface area contributed by atoms with Gasteiger partial charge in [-0.2, -0.15) is 0 Å². The van der Waals surface area contributed by atoms with Gasteiger partial charge in [-0.25, -0.2) is 0 Å². The van der Waals surface area contributed by atoms with Crippen LogP contribution in [0.25, 0.3) is 0 Å². The van der Waals surface area contributed by atoms with E-state index in [9.17, 15) is 4.79 Å². The highest BCUT2D eigenvalue weighted by atomic mass is 79.9. The molecule has 0 aliphatic carbocycles. The predicted molar refractivity (Wildman–Crippen MR) is 85.8 cm³/mol. The summed E-state index contributed by atoms with van der Waals surface area (Å²) in [5.41, 5.74) is 1.07. The number of hydrogen-bond donors (Lipinski definition) is 0. The van der Waals surface area contributed by atoms with Gasteiger partial charge >= 0.3 is 0 Å². The fourth-order valence-electron chi connectivity index (χ4n) is 2.51. The van der Waals surface area contributed by atoms with Crippen LogP contribution in [-0.4, -0.2) is 48.9 Å². The zero-order chi connectivity index (χ0) is 14.4. The average Bonchev–Trinajstić information content (AvgIpc) is 2.48. The first-order valence-electron chi connectivity index (χ1n) is 7.36. The number of likely N-dealkylation sites (N-methyl/N-ethyl adjacent to an activating group) is 1. The van der Waals surface area contributed by atoms with Gasteiger partial charge < -0.3 is 9.80 Å². The summed E-state index contributed by atoms with van der Waals surface area (Å²) in [5.74, 6) is 0.198. The molecule has 1 aromatic rings. The molecule has 0 atom stereocenters. The smallest absolute Gasteiger partial charge is 0.226 e. The number of nitrogens with zero attached hydrogens (tertiary/aromatic N) is 2. The minimum absolute atomic E-state index is 0.198. The summed E-state index contributed by atoms with van der Waals surface area (Å²) in [6.45, 7) is 4.21. The van der Waals surface area contributed by atoms with E-state index in [2.05, 4.69) is 20.8 Å². The van der Waals surface area contributed by atoms with Crippen molar-refractivity contribution in [1.82, 2.24) is 9.80 Å². The quantitative estimate of drug-likeness (QED) is 0.824. The van der Waals surface area contributed by atoms with E-state index in [1.807, 2.05) is 36.2 Å². The monoisotopic (exact) mass is 338 g/mol. The predicted octanol–water partition coefficient (Wildman–Crippen LogP) is 2.94. The van der Waals surface area contributed by atoms with Crippen LogP contribution in [0.5, 0.6) is 0 Å². The lowest BCUT2D eigenvalue weighted by molar-refractivity contribution is -0.129. The second-order valence-corrected chi connectivity index (χ2v) is 6.44. The van der Waals surface area contributed by atoms with Gasteiger partial charge in [0.05, 0.1) is 6.42 Å². The topological polar surface area (TPSA) is 23.6 Å². The highest BCUT2D eigenvalue weighted by molar-refractivity contribution is 9.10. The molecular formula is C16H23BrN2O. The second kappa shape index (κ2) is 7.79. The number of carbonyl (C=O) groups excluding carboxylic acids is 1. The molecule has 0 saturated carbocycles. The number of rotatable bonds is 5. The molecule has 3 nitrogen and oxygen atoms in total. The van der Waals surface area contributed by atoms with Crippen LogP contribution in [0.2, 0.25) is 0 Å². The van der Waals surface area contributed by atoms with Crippen LogP contribution in [0, 0.1) is 0 Å². The van der Waals surface area contributed by atoms with Crippen LogP contribution in [0.1, 0.15) is 24.8 Å². The lowest BCUT2D eigenvalue weighted by Gasteiger charge is -2.28. The zero-order valence-electron chi connectivity index (χ0n) is 12.1. The van der Waals surface area contributed by atoms with E-state index < -0.39 is 0 Å². The largest absolute Gasteiger partial charge is 0.344 e. The summed E-state index contributed by atoms with van der Waals surface area (Å²) in [7, 11) is 1.91. The Hall–Kier alpha value is -0.870. The van der Waals surface area contributed by atoms with Crippen LogP contribution in [-0.2, 0) is 11.2 Å². The molecule has 1 saturated heterocycles. The Morgan fingerprint density at radius 3 is 2.50 bits per heavy atom. The molecule has 4 heteroatoms. The summed E-state index contributed by atoms with van der Waals surface area (Å²) in [6, 6.07) is 7.97. The molecule has 1 aromatic carbocycles. The maximum atomic E-state index is 12.2. The van der Waals surface area contributed by atoms with Crippen molar-refractivity contribution < 1.29 is 4.79 Å². The van der Waals surface area contributed by atoms with E-state index in [1.165, 1.54) is 32.4 Å². The summed E-state index contributed by atoms with van der Waals surface area (Å²) < 4.78 is 1.05. The lowest BCUT2D eigenvalue weighted by atomic mass is 10.1.